The zero-order valence-corrected chi connectivity index (χ0v) is 13.4. The van der Waals surface area contributed by atoms with Gasteiger partial charge in [-0.05, 0) is 37.1 Å². The molecule has 0 bridgehead atoms. The molecule has 3 rings (SSSR count). The third kappa shape index (κ3) is 4.66. The van der Waals surface area contributed by atoms with Crippen LogP contribution in [0.2, 0.25) is 0 Å². The SMILES string of the molecule is O=C(Nc1ccc(C(=O)Nc2nnc(C(F)(F)F)s2)cc1)NC1CC1. The lowest BCUT2D eigenvalue weighted by Crippen LogP contribution is -2.30. The van der Waals surface area contributed by atoms with Crippen LogP contribution in [0, 0.1) is 0 Å². The number of carbonyl (C=O) groups is 2. The van der Waals surface area contributed by atoms with Crippen LogP contribution >= 0.6 is 11.3 Å². The first kappa shape index (κ1) is 17.1. The van der Waals surface area contributed by atoms with E-state index < -0.39 is 17.1 Å². The largest absolute Gasteiger partial charge is 0.445 e. The molecule has 0 aliphatic heterocycles. The number of alkyl halides is 3. The molecule has 0 radical (unpaired) electrons. The third-order valence-corrected chi connectivity index (χ3v) is 4.09. The number of carbonyl (C=O) groups excluding carboxylic acids is 2. The normalized spacial score (nSPS) is 14.0. The Kier molecular flexibility index (Phi) is 4.57. The highest BCUT2D eigenvalue weighted by atomic mass is 32.1. The minimum Gasteiger partial charge on any atom is -0.335 e. The van der Waals surface area contributed by atoms with Gasteiger partial charge in [-0.3, -0.25) is 10.1 Å². The average Bonchev–Trinajstić information content (AvgIpc) is 3.21. The number of anilines is 2. The Hall–Kier alpha value is -2.69. The van der Waals surface area contributed by atoms with Crippen LogP contribution in [0.4, 0.5) is 28.8 Å². The molecule has 3 N–H and O–H groups in total. The van der Waals surface area contributed by atoms with Gasteiger partial charge in [-0.15, -0.1) is 10.2 Å². The maximum absolute atomic E-state index is 12.4. The molecule has 1 fully saturated rings. The molecule has 132 valence electrons. The summed E-state index contributed by atoms with van der Waals surface area (Å²) in [6, 6.07) is 5.80. The first-order valence-electron chi connectivity index (χ1n) is 7.21. The van der Waals surface area contributed by atoms with Gasteiger partial charge >= 0.3 is 12.2 Å². The number of hydrogen-bond acceptors (Lipinski definition) is 5. The third-order valence-electron chi connectivity index (χ3n) is 3.21. The van der Waals surface area contributed by atoms with Crippen LogP contribution < -0.4 is 16.0 Å². The number of nitrogens with zero attached hydrogens (tertiary/aromatic N) is 2. The smallest absolute Gasteiger partial charge is 0.335 e. The minimum atomic E-state index is -4.60. The van der Waals surface area contributed by atoms with Crippen LogP contribution in [0.15, 0.2) is 24.3 Å². The Labute approximate surface area is 143 Å². The van der Waals surface area contributed by atoms with E-state index in [1.54, 1.807) is 0 Å². The van der Waals surface area contributed by atoms with E-state index in [0.717, 1.165) is 12.8 Å². The average molecular weight is 371 g/mol. The van der Waals surface area contributed by atoms with Crippen molar-refractivity contribution in [3.05, 3.63) is 34.8 Å². The van der Waals surface area contributed by atoms with E-state index in [-0.39, 0.29) is 34.1 Å². The first-order chi connectivity index (χ1) is 11.8. The molecule has 1 aromatic carbocycles. The highest BCUT2D eigenvalue weighted by Crippen LogP contribution is 2.33. The molecule has 25 heavy (non-hydrogen) atoms. The fourth-order valence-electron chi connectivity index (χ4n) is 1.84. The van der Waals surface area contributed by atoms with Crippen LogP contribution in [0.3, 0.4) is 0 Å². The van der Waals surface area contributed by atoms with Crippen molar-refractivity contribution in [2.45, 2.75) is 25.1 Å². The molecule has 3 amide bonds. The number of halogens is 3. The van der Waals surface area contributed by atoms with Crippen molar-refractivity contribution in [1.29, 1.82) is 0 Å². The van der Waals surface area contributed by atoms with E-state index in [1.807, 2.05) is 0 Å². The Morgan fingerprint density at radius 3 is 2.32 bits per heavy atom. The molecular weight excluding hydrogens is 359 g/mol. The van der Waals surface area contributed by atoms with E-state index in [1.165, 1.54) is 24.3 Å². The quantitative estimate of drug-likeness (QED) is 0.770. The molecule has 1 aliphatic carbocycles. The second-order valence-electron chi connectivity index (χ2n) is 5.31. The zero-order valence-electron chi connectivity index (χ0n) is 12.6. The summed E-state index contributed by atoms with van der Waals surface area (Å²) in [5.74, 6) is -0.626. The van der Waals surface area contributed by atoms with Crippen LogP contribution in [-0.4, -0.2) is 28.2 Å². The van der Waals surface area contributed by atoms with E-state index in [0.29, 0.717) is 5.69 Å². The van der Waals surface area contributed by atoms with Gasteiger partial charge in [-0.1, -0.05) is 11.3 Å². The summed E-state index contributed by atoms with van der Waals surface area (Å²) in [6.45, 7) is 0. The van der Waals surface area contributed by atoms with Gasteiger partial charge in [-0.2, -0.15) is 13.2 Å². The van der Waals surface area contributed by atoms with E-state index >= 15 is 0 Å². The predicted octanol–water partition coefficient (Wildman–Crippen LogP) is 3.09. The van der Waals surface area contributed by atoms with Crippen molar-refractivity contribution in [2.75, 3.05) is 10.6 Å². The molecule has 2 aromatic rings. The number of rotatable bonds is 4. The zero-order chi connectivity index (χ0) is 18.0. The number of hydrogen-bond donors (Lipinski definition) is 3. The standard InChI is InChI=1S/C14H12F3N5O2S/c15-14(16,17)11-21-22-13(25-11)20-10(23)7-1-3-8(4-2-7)18-12(24)19-9-5-6-9/h1-4,9H,5-6H2,(H2,18,19,24)(H,20,22,23). The summed E-state index contributed by atoms with van der Waals surface area (Å²) in [5, 5.41) is 12.5. The summed E-state index contributed by atoms with van der Waals surface area (Å²) in [7, 11) is 0. The summed E-state index contributed by atoms with van der Waals surface area (Å²) < 4.78 is 37.3. The molecule has 0 saturated heterocycles. The van der Waals surface area contributed by atoms with Gasteiger partial charge in [0.15, 0.2) is 0 Å². The maximum Gasteiger partial charge on any atom is 0.445 e. The van der Waals surface area contributed by atoms with Gasteiger partial charge < -0.3 is 10.6 Å². The van der Waals surface area contributed by atoms with E-state index in [2.05, 4.69) is 26.1 Å². The molecule has 11 heteroatoms. The molecule has 0 atom stereocenters. The lowest BCUT2D eigenvalue weighted by molar-refractivity contribution is -0.138. The molecule has 7 nitrogen and oxygen atoms in total. The van der Waals surface area contributed by atoms with E-state index in [4.69, 9.17) is 0 Å². The summed E-state index contributed by atoms with van der Waals surface area (Å²) in [6.07, 6.45) is -2.67. The number of aromatic nitrogens is 2. The van der Waals surface area contributed by atoms with Gasteiger partial charge in [-0.25, -0.2) is 4.79 Å². The first-order valence-corrected chi connectivity index (χ1v) is 8.02. The fraction of sp³-hybridized carbons (Fsp3) is 0.286. The molecule has 0 unspecified atom stereocenters. The number of nitrogens with one attached hydrogen (secondary N) is 3. The summed E-state index contributed by atoms with van der Waals surface area (Å²) in [4.78, 5) is 23.6. The second kappa shape index (κ2) is 6.67. The van der Waals surface area contributed by atoms with Crippen LogP contribution in [0.5, 0.6) is 0 Å². The van der Waals surface area contributed by atoms with Gasteiger partial charge in [0.05, 0.1) is 0 Å². The fourth-order valence-corrected chi connectivity index (χ4v) is 2.45. The topological polar surface area (TPSA) is 96.0 Å². The molecular formula is C14H12F3N5O2S. The van der Waals surface area contributed by atoms with Gasteiger partial charge in [0, 0.05) is 17.3 Å². The monoisotopic (exact) mass is 371 g/mol. The van der Waals surface area contributed by atoms with Gasteiger partial charge in [0.2, 0.25) is 10.1 Å². The van der Waals surface area contributed by atoms with Crippen molar-refractivity contribution < 1.29 is 22.8 Å². The predicted molar refractivity (Wildman–Crippen MR) is 84.5 cm³/mol. The Morgan fingerprint density at radius 1 is 1.08 bits per heavy atom. The van der Waals surface area contributed by atoms with Crippen molar-refractivity contribution >= 4 is 34.1 Å². The second-order valence-corrected chi connectivity index (χ2v) is 6.29. The number of benzene rings is 1. The van der Waals surface area contributed by atoms with Crippen molar-refractivity contribution in [3.8, 4) is 0 Å². The number of amides is 3. The highest BCUT2D eigenvalue weighted by Gasteiger charge is 2.35. The molecule has 1 saturated carbocycles. The van der Waals surface area contributed by atoms with Crippen LogP contribution in [0.25, 0.3) is 0 Å². The highest BCUT2D eigenvalue weighted by molar-refractivity contribution is 7.15. The summed E-state index contributed by atoms with van der Waals surface area (Å²) >= 11 is 0.242. The lowest BCUT2D eigenvalue weighted by Gasteiger charge is -2.07. The molecule has 1 heterocycles. The van der Waals surface area contributed by atoms with Gasteiger partial charge in [0.1, 0.15) is 0 Å². The Bertz CT molecular complexity index is 787. The van der Waals surface area contributed by atoms with Crippen molar-refractivity contribution in [1.82, 2.24) is 15.5 Å². The lowest BCUT2D eigenvalue weighted by atomic mass is 10.2. The van der Waals surface area contributed by atoms with E-state index in [9.17, 15) is 22.8 Å². The van der Waals surface area contributed by atoms with Crippen LogP contribution in [0.1, 0.15) is 28.2 Å². The molecule has 1 aromatic heterocycles. The maximum atomic E-state index is 12.4. The van der Waals surface area contributed by atoms with Gasteiger partial charge in [0.25, 0.3) is 5.91 Å². The van der Waals surface area contributed by atoms with Crippen molar-refractivity contribution in [3.63, 3.8) is 0 Å². The molecule has 0 spiro atoms. The Balaban J connectivity index is 1.58. The van der Waals surface area contributed by atoms with Crippen molar-refractivity contribution in [2.24, 2.45) is 0 Å². The number of urea groups is 1. The summed E-state index contributed by atoms with van der Waals surface area (Å²) in [5.41, 5.74) is 0.696. The van der Waals surface area contributed by atoms with Crippen LogP contribution in [-0.2, 0) is 6.18 Å². The minimum absolute atomic E-state index is 0.205. The molecule has 1 aliphatic rings. The Morgan fingerprint density at radius 2 is 1.76 bits per heavy atom.